The van der Waals surface area contributed by atoms with Gasteiger partial charge in [0.2, 0.25) is 5.91 Å². The van der Waals surface area contributed by atoms with Crippen molar-refractivity contribution in [2.45, 2.75) is 44.8 Å². The first-order valence-corrected chi connectivity index (χ1v) is 8.69. The van der Waals surface area contributed by atoms with Gasteiger partial charge >= 0.3 is 5.97 Å². The Kier molecular flexibility index (Phi) is 4.63. The van der Waals surface area contributed by atoms with E-state index in [1.54, 1.807) is 0 Å². The Morgan fingerprint density at radius 2 is 1.75 bits per heavy atom. The van der Waals surface area contributed by atoms with E-state index >= 15 is 0 Å². The molecule has 0 aliphatic carbocycles. The number of amides is 1. The van der Waals surface area contributed by atoms with Crippen LogP contribution >= 0.6 is 0 Å². The zero-order valence-electron chi connectivity index (χ0n) is 14.7. The van der Waals surface area contributed by atoms with E-state index in [4.69, 9.17) is 4.74 Å². The molecule has 2 aliphatic rings. The number of rotatable bonds is 3. The molecule has 0 unspecified atom stereocenters. The lowest BCUT2D eigenvalue weighted by molar-refractivity contribution is -0.146. The van der Waals surface area contributed by atoms with Gasteiger partial charge in [0, 0.05) is 32.6 Å². The van der Waals surface area contributed by atoms with E-state index in [9.17, 15) is 9.59 Å². The van der Waals surface area contributed by atoms with Crippen molar-refractivity contribution in [1.29, 1.82) is 0 Å². The smallest absolute Gasteiger partial charge is 0.323 e. The fourth-order valence-corrected chi connectivity index (χ4v) is 3.64. The molecule has 0 bridgehead atoms. The monoisotopic (exact) mass is 330 g/mol. The van der Waals surface area contributed by atoms with Crippen LogP contribution in [-0.2, 0) is 19.7 Å². The lowest BCUT2D eigenvalue weighted by Gasteiger charge is -2.40. The highest BCUT2D eigenvalue weighted by atomic mass is 16.6. The van der Waals surface area contributed by atoms with Crippen molar-refractivity contribution in [2.75, 3.05) is 26.2 Å². The molecule has 1 aromatic carbocycles. The normalized spacial score (nSPS) is 25.6. The summed E-state index contributed by atoms with van der Waals surface area (Å²) in [5.41, 5.74) is 0.496. The van der Waals surface area contributed by atoms with Crippen LogP contribution in [0, 0.1) is 0 Å². The molecule has 5 nitrogen and oxygen atoms in total. The predicted molar refractivity (Wildman–Crippen MR) is 91.6 cm³/mol. The number of esters is 1. The third-order valence-corrected chi connectivity index (χ3v) is 5.22. The quantitative estimate of drug-likeness (QED) is 0.793. The second-order valence-corrected chi connectivity index (χ2v) is 7.32. The summed E-state index contributed by atoms with van der Waals surface area (Å²) in [6.07, 6.45) is 0.752. The van der Waals surface area contributed by atoms with Crippen LogP contribution in [0.1, 0.15) is 32.8 Å². The fourth-order valence-electron chi connectivity index (χ4n) is 3.64. The third-order valence-electron chi connectivity index (χ3n) is 5.22. The van der Waals surface area contributed by atoms with Gasteiger partial charge < -0.3 is 9.64 Å². The molecular formula is C19H26N2O3. The predicted octanol–water partition coefficient (Wildman–Crippen LogP) is 1.81. The van der Waals surface area contributed by atoms with Gasteiger partial charge in [-0.25, -0.2) is 0 Å². The summed E-state index contributed by atoms with van der Waals surface area (Å²) in [7, 11) is 0. The Morgan fingerprint density at radius 3 is 2.29 bits per heavy atom. The summed E-state index contributed by atoms with van der Waals surface area (Å²) >= 11 is 0. The van der Waals surface area contributed by atoms with Crippen molar-refractivity contribution >= 4 is 11.9 Å². The molecule has 0 aromatic heterocycles. The average Bonchev–Trinajstić information content (AvgIpc) is 2.93. The van der Waals surface area contributed by atoms with Gasteiger partial charge in [0.05, 0.1) is 5.41 Å². The number of piperazine rings is 1. The molecule has 1 amide bonds. The van der Waals surface area contributed by atoms with Crippen molar-refractivity contribution in [3.63, 3.8) is 0 Å². The molecule has 0 radical (unpaired) electrons. The maximum absolute atomic E-state index is 13.0. The average molecular weight is 330 g/mol. The van der Waals surface area contributed by atoms with Crippen molar-refractivity contribution in [1.82, 2.24) is 9.80 Å². The van der Waals surface area contributed by atoms with E-state index in [0.717, 1.165) is 25.1 Å². The van der Waals surface area contributed by atoms with Gasteiger partial charge in [-0.2, -0.15) is 0 Å². The van der Waals surface area contributed by atoms with Gasteiger partial charge in [-0.15, -0.1) is 0 Å². The minimum absolute atomic E-state index is 0.000763. The zero-order chi connectivity index (χ0) is 17.3. The Hall–Kier alpha value is -1.88. The minimum Gasteiger partial charge on any atom is -0.461 e. The second-order valence-electron chi connectivity index (χ2n) is 7.32. The molecule has 3 rings (SSSR count). The second kappa shape index (κ2) is 6.55. The summed E-state index contributed by atoms with van der Waals surface area (Å²) in [6, 6.07) is 9.77. The van der Waals surface area contributed by atoms with E-state index in [1.165, 1.54) is 0 Å². The largest absolute Gasteiger partial charge is 0.461 e. The number of benzene rings is 1. The SMILES string of the molecule is C[C@H]1C[C@@H](N2CCN(C(=O)C(C)(C)c3ccccc3)CC2)C(=O)O1. The van der Waals surface area contributed by atoms with Crippen molar-refractivity contribution in [3.05, 3.63) is 35.9 Å². The van der Waals surface area contributed by atoms with Crippen LogP contribution in [0.2, 0.25) is 0 Å². The molecule has 2 atom stereocenters. The minimum atomic E-state index is -0.537. The Labute approximate surface area is 143 Å². The van der Waals surface area contributed by atoms with Gasteiger partial charge in [-0.1, -0.05) is 30.3 Å². The van der Waals surface area contributed by atoms with E-state index in [-0.39, 0.29) is 24.0 Å². The molecular weight excluding hydrogens is 304 g/mol. The Balaban J connectivity index is 1.62. The Morgan fingerprint density at radius 1 is 1.12 bits per heavy atom. The summed E-state index contributed by atoms with van der Waals surface area (Å²) in [5.74, 6) is 0.0302. The fraction of sp³-hybridized carbons (Fsp3) is 0.579. The topological polar surface area (TPSA) is 49.9 Å². The maximum atomic E-state index is 13.0. The van der Waals surface area contributed by atoms with Crippen LogP contribution in [-0.4, -0.2) is 60.0 Å². The Bertz CT molecular complexity index is 606. The molecule has 2 heterocycles. The van der Waals surface area contributed by atoms with Crippen molar-refractivity contribution in [3.8, 4) is 0 Å². The number of carbonyl (C=O) groups is 2. The first-order chi connectivity index (χ1) is 11.4. The van der Waals surface area contributed by atoms with Crippen LogP contribution in [0.5, 0.6) is 0 Å². The lowest BCUT2D eigenvalue weighted by atomic mass is 9.83. The highest BCUT2D eigenvalue weighted by Gasteiger charge is 2.40. The van der Waals surface area contributed by atoms with E-state index in [0.29, 0.717) is 13.1 Å². The summed E-state index contributed by atoms with van der Waals surface area (Å²) in [5, 5.41) is 0. The molecule has 1 aromatic rings. The molecule has 130 valence electrons. The molecule has 0 saturated carbocycles. The van der Waals surface area contributed by atoms with Crippen LogP contribution < -0.4 is 0 Å². The first kappa shape index (κ1) is 17.0. The van der Waals surface area contributed by atoms with E-state index in [2.05, 4.69) is 4.90 Å². The van der Waals surface area contributed by atoms with Gasteiger partial charge in [0.1, 0.15) is 12.1 Å². The number of ether oxygens (including phenoxy) is 1. The molecule has 5 heteroatoms. The van der Waals surface area contributed by atoms with Gasteiger partial charge in [-0.3, -0.25) is 14.5 Å². The van der Waals surface area contributed by atoms with Gasteiger partial charge in [0.15, 0.2) is 0 Å². The van der Waals surface area contributed by atoms with Crippen molar-refractivity contribution in [2.24, 2.45) is 0 Å². The summed E-state index contributed by atoms with van der Waals surface area (Å²) < 4.78 is 5.25. The van der Waals surface area contributed by atoms with Crippen LogP contribution in [0.3, 0.4) is 0 Å². The van der Waals surface area contributed by atoms with Crippen LogP contribution in [0.15, 0.2) is 30.3 Å². The lowest BCUT2D eigenvalue weighted by Crippen LogP contribution is -2.56. The highest BCUT2D eigenvalue weighted by molar-refractivity contribution is 5.87. The van der Waals surface area contributed by atoms with E-state index < -0.39 is 5.41 Å². The van der Waals surface area contributed by atoms with Gasteiger partial charge in [-0.05, 0) is 26.3 Å². The molecule has 2 fully saturated rings. The third kappa shape index (κ3) is 3.18. The summed E-state index contributed by atoms with van der Waals surface area (Å²) in [6.45, 7) is 8.66. The molecule has 0 spiro atoms. The molecule has 2 saturated heterocycles. The molecule has 2 aliphatic heterocycles. The number of carbonyl (C=O) groups excluding carboxylic acids is 2. The van der Waals surface area contributed by atoms with Crippen molar-refractivity contribution < 1.29 is 14.3 Å². The van der Waals surface area contributed by atoms with Crippen LogP contribution in [0.25, 0.3) is 0 Å². The highest BCUT2D eigenvalue weighted by Crippen LogP contribution is 2.27. The molecule has 0 N–H and O–H groups in total. The summed E-state index contributed by atoms with van der Waals surface area (Å²) in [4.78, 5) is 29.0. The standard InChI is InChI=1S/C19H26N2O3/c1-14-13-16(17(22)24-14)20-9-11-21(12-10-20)18(23)19(2,3)15-7-5-4-6-8-15/h4-8,14,16H,9-13H2,1-3H3/t14-,16+/m0/s1. The number of cyclic esters (lactones) is 1. The number of nitrogens with zero attached hydrogens (tertiary/aromatic N) is 2. The molecule has 24 heavy (non-hydrogen) atoms. The van der Waals surface area contributed by atoms with E-state index in [1.807, 2.05) is 56.0 Å². The first-order valence-electron chi connectivity index (χ1n) is 8.69. The maximum Gasteiger partial charge on any atom is 0.323 e. The number of hydrogen-bond donors (Lipinski definition) is 0. The number of hydrogen-bond acceptors (Lipinski definition) is 4. The van der Waals surface area contributed by atoms with Gasteiger partial charge in [0.25, 0.3) is 0 Å². The van der Waals surface area contributed by atoms with Crippen LogP contribution in [0.4, 0.5) is 0 Å². The zero-order valence-corrected chi connectivity index (χ0v) is 14.7.